The van der Waals surface area contributed by atoms with Gasteiger partial charge in [-0.1, -0.05) is 12.1 Å². The first kappa shape index (κ1) is 14.8. The molecule has 0 saturated heterocycles. The fraction of sp³-hybridized carbons (Fsp3) is 0.333. The summed E-state index contributed by atoms with van der Waals surface area (Å²) in [6, 6.07) is 5.19. The van der Waals surface area contributed by atoms with Crippen LogP contribution in [0.1, 0.15) is 18.9 Å². The number of para-hydroxylation sites is 1. The van der Waals surface area contributed by atoms with Gasteiger partial charge in [-0.25, -0.2) is 4.79 Å². The Hall–Kier alpha value is -2.28. The molecule has 19 heavy (non-hydrogen) atoms. The summed E-state index contributed by atoms with van der Waals surface area (Å²) in [6.07, 6.45) is -0.593. The van der Waals surface area contributed by atoms with Crippen LogP contribution in [0.2, 0.25) is 0 Å². The number of hydrogen-bond acceptors (Lipinski definition) is 6. The van der Waals surface area contributed by atoms with Crippen molar-refractivity contribution in [3.05, 3.63) is 39.9 Å². The van der Waals surface area contributed by atoms with Gasteiger partial charge in [0, 0.05) is 6.07 Å². The van der Waals surface area contributed by atoms with E-state index < -0.39 is 34.4 Å². The van der Waals surface area contributed by atoms with Gasteiger partial charge in [-0.15, -0.1) is 0 Å². The maximum absolute atomic E-state index is 11.7. The molecule has 1 aromatic rings. The van der Waals surface area contributed by atoms with Crippen LogP contribution in [0.25, 0.3) is 0 Å². The highest BCUT2D eigenvalue weighted by atomic mass is 16.6. The summed E-state index contributed by atoms with van der Waals surface area (Å²) in [6.45, 7) is 1.17. The molecule has 0 radical (unpaired) electrons. The maximum Gasteiger partial charge on any atom is 0.343 e. The van der Waals surface area contributed by atoms with E-state index in [0.717, 1.165) is 13.2 Å². The predicted octanol–water partition coefficient (Wildman–Crippen LogP) is 0.935. The highest BCUT2D eigenvalue weighted by molar-refractivity contribution is 5.89. The molecular weight excluding hydrogens is 254 g/mol. The fourth-order valence-corrected chi connectivity index (χ4v) is 1.79. The van der Waals surface area contributed by atoms with Gasteiger partial charge in [-0.3, -0.25) is 14.9 Å². The van der Waals surface area contributed by atoms with Gasteiger partial charge in [0.15, 0.2) is 0 Å². The lowest BCUT2D eigenvalue weighted by Crippen LogP contribution is -2.39. The molecule has 0 amide bonds. The number of nitrogens with zero attached hydrogens (tertiary/aromatic N) is 1. The number of carbonyl (C=O) groups is 2. The zero-order valence-corrected chi connectivity index (χ0v) is 10.5. The summed E-state index contributed by atoms with van der Waals surface area (Å²) in [5.74, 6) is -1.61. The monoisotopic (exact) mass is 267 g/mol. The van der Waals surface area contributed by atoms with Gasteiger partial charge < -0.3 is 9.84 Å². The van der Waals surface area contributed by atoms with Crippen LogP contribution in [0.5, 0.6) is 0 Å². The Bertz CT molecular complexity index is 527. The van der Waals surface area contributed by atoms with Crippen molar-refractivity contribution in [2.45, 2.75) is 18.9 Å². The number of ketones is 1. The number of nitro benzene ring substituents is 1. The lowest BCUT2D eigenvalue weighted by molar-refractivity contribution is -0.386. The standard InChI is InChI=1S/C12H13NO6/c1-8(14)7-12(16,11(15)19-2)9-5-3-4-6-10(9)13(17)18/h3-6,16H,7H2,1-2H3/t12-/m1/s1. The SMILES string of the molecule is COC(=O)[C@@](O)(CC(C)=O)c1ccccc1[N+](=O)[O-]. The number of methoxy groups -OCH3 is 1. The summed E-state index contributed by atoms with van der Waals surface area (Å²) in [5, 5.41) is 21.3. The zero-order chi connectivity index (χ0) is 14.6. The number of rotatable bonds is 5. The maximum atomic E-state index is 11.7. The van der Waals surface area contributed by atoms with Crippen LogP contribution in [-0.2, 0) is 19.9 Å². The second-order valence-electron chi connectivity index (χ2n) is 4.00. The number of benzene rings is 1. The topological polar surface area (TPSA) is 107 Å². The van der Waals surface area contributed by atoms with Crippen molar-refractivity contribution in [2.75, 3.05) is 7.11 Å². The van der Waals surface area contributed by atoms with Crippen LogP contribution in [0, 0.1) is 10.1 Å². The van der Waals surface area contributed by atoms with Gasteiger partial charge >= 0.3 is 5.97 Å². The Balaban J connectivity index is 3.45. The highest BCUT2D eigenvalue weighted by Crippen LogP contribution is 2.33. The molecule has 0 aliphatic rings. The molecule has 0 aliphatic carbocycles. The Morgan fingerprint density at radius 2 is 2.00 bits per heavy atom. The van der Waals surface area contributed by atoms with E-state index in [1.165, 1.54) is 25.1 Å². The smallest absolute Gasteiger partial charge is 0.343 e. The van der Waals surface area contributed by atoms with Crippen LogP contribution in [0.3, 0.4) is 0 Å². The van der Waals surface area contributed by atoms with Gasteiger partial charge in [-0.05, 0) is 13.0 Å². The van der Waals surface area contributed by atoms with Crippen LogP contribution >= 0.6 is 0 Å². The molecule has 7 heteroatoms. The Morgan fingerprint density at radius 1 is 1.42 bits per heavy atom. The summed E-state index contributed by atoms with van der Waals surface area (Å²) in [7, 11) is 1.03. The first-order valence-corrected chi connectivity index (χ1v) is 5.37. The van der Waals surface area contributed by atoms with E-state index in [1.54, 1.807) is 0 Å². The van der Waals surface area contributed by atoms with E-state index in [-0.39, 0.29) is 5.56 Å². The van der Waals surface area contributed by atoms with Gasteiger partial charge in [0.1, 0.15) is 5.78 Å². The van der Waals surface area contributed by atoms with E-state index in [1.807, 2.05) is 0 Å². The summed E-state index contributed by atoms with van der Waals surface area (Å²) >= 11 is 0. The molecule has 1 atom stereocenters. The molecule has 0 heterocycles. The number of ether oxygens (including phenoxy) is 1. The largest absolute Gasteiger partial charge is 0.467 e. The minimum atomic E-state index is -2.36. The minimum Gasteiger partial charge on any atom is -0.467 e. The van der Waals surface area contributed by atoms with Gasteiger partial charge in [0.05, 0.1) is 24.0 Å². The Morgan fingerprint density at radius 3 is 2.47 bits per heavy atom. The average molecular weight is 267 g/mol. The molecular formula is C12H13NO6. The quantitative estimate of drug-likeness (QED) is 0.483. The van der Waals surface area contributed by atoms with Crippen molar-refractivity contribution in [2.24, 2.45) is 0 Å². The highest BCUT2D eigenvalue weighted by Gasteiger charge is 2.44. The normalized spacial score (nSPS) is 13.4. The van der Waals surface area contributed by atoms with E-state index >= 15 is 0 Å². The molecule has 102 valence electrons. The second kappa shape index (κ2) is 5.57. The average Bonchev–Trinajstić information content (AvgIpc) is 2.36. The number of hydrogen-bond donors (Lipinski definition) is 1. The molecule has 0 aromatic heterocycles. The van der Waals surface area contributed by atoms with Crippen LogP contribution < -0.4 is 0 Å². The van der Waals surface area contributed by atoms with Gasteiger partial charge in [0.25, 0.3) is 5.69 Å². The van der Waals surface area contributed by atoms with E-state index in [2.05, 4.69) is 4.74 Å². The van der Waals surface area contributed by atoms with Crippen molar-refractivity contribution >= 4 is 17.4 Å². The molecule has 0 aliphatic heterocycles. The van der Waals surface area contributed by atoms with Crippen molar-refractivity contribution in [1.82, 2.24) is 0 Å². The van der Waals surface area contributed by atoms with Crippen molar-refractivity contribution in [3.8, 4) is 0 Å². The summed E-state index contributed by atoms with van der Waals surface area (Å²) in [4.78, 5) is 33.1. The number of nitro groups is 1. The summed E-state index contributed by atoms with van der Waals surface area (Å²) in [5.41, 5.74) is -3.07. The number of aliphatic hydroxyl groups is 1. The molecule has 0 unspecified atom stereocenters. The van der Waals surface area contributed by atoms with Crippen LogP contribution in [0.4, 0.5) is 5.69 Å². The first-order valence-electron chi connectivity index (χ1n) is 5.37. The number of Topliss-reactive ketones (excluding diaryl/α,β-unsaturated/α-hetero) is 1. The molecule has 0 spiro atoms. The fourth-order valence-electron chi connectivity index (χ4n) is 1.79. The Labute approximate surface area is 109 Å². The molecule has 1 N–H and O–H groups in total. The van der Waals surface area contributed by atoms with E-state index in [4.69, 9.17) is 0 Å². The first-order chi connectivity index (χ1) is 8.82. The second-order valence-corrected chi connectivity index (χ2v) is 4.00. The third kappa shape index (κ3) is 2.94. The van der Waals surface area contributed by atoms with E-state index in [0.29, 0.717) is 0 Å². The molecule has 0 saturated carbocycles. The van der Waals surface area contributed by atoms with Crippen molar-refractivity contribution in [3.63, 3.8) is 0 Å². The summed E-state index contributed by atoms with van der Waals surface area (Å²) < 4.78 is 4.44. The number of esters is 1. The van der Waals surface area contributed by atoms with Gasteiger partial charge in [0.2, 0.25) is 5.60 Å². The molecule has 1 aromatic carbocycles. The van der Waals surface area contributed by atoms with Crippen LogP contribution in [0.15, 0.2) is 24.3 Å². The number of carbonyl (C=O) groups excluding carboxylic acids is 2. The molecule has 0 bridgehead atoms. The third-order valence-corrected chi connectivity index (χ3v) is 2.57. The van der Waals surface area contributed by atoms with E-state index in [9.17, 15) is 24.8 Å². The molecule has 7 nitrogen and oxygen atoms in total. The van der Waals surface area contributed by atoms with Crippen molar-refractivity contribution in [1.29, 1.82) is 0 Å². The minimum absolute atomic E-state index is 0.262. The predicted molar refractivity (Wildman–Crippen MR) is 64.3 cm³/mol. The molecule has 1 rings (SSSR count). The molecule has 0 fully saturated rings. The van der Waals surface area contributed by atoms with Gasteiger partial charge in [-0.2, -0.15) is 0 Å². The van der Waals surface area contributed by atoms with Crippen molar-refractivity contribution < 1.29 is 24.4 Å². The zero-order valence-electron chi connectivity index (χ0n) is 10.5. The Kier molecular flexibility index (Phi) is 4.34. The lowest BCUT2D eigenvalue weighted by atomic mass is 9.87. The lowest BCUT2D eigenvalue weighted by Gasteiger charge is -2.24. The third-order valence-electron chi connectivity index (χ3n) is 2.57. The van der Waals surface area contributed by atoms with Crippen LogP contribution in [-0.4, -0.2) is 28.9 Å².